The second-order valence-corrected chi connectivity index (χ2v) is 4.36. The molecule has 2 aromatic rings. The monoisotopic (exact) mass is 259 g/mol. The fourth-order valence-electron chi connectivity index (χ4n) is 1.62. The molecule has 0 bridgehead atoms. The Hall–Kier alpha value is -2.50. The number of rotatable bonds is 3. The summed E-state index contributed by atoms with van der Waals surface area (Å²) in [7, 11) is 5.70. The highest BCUT2D eigenvalue weighted by molar-refractivity contribution is 5.99. The van der Waals surface area contributed by atoms with Crippen LogP contribution in [0.4, 0.5) is 22.0 Å². The van der Waals surface area contributed by atoms with Crippen molar-refractivity contribution in [2.75, 3.05) is 29.6 Å². The van der Waals surface area contributed by atoms with Crippen molar-refractivity contribution >= 4 is 23.2 Å². The number of aryl methyl sites for hydroxylation is 1. The Morgan fingerprint density at radius 1 is 1.16 bits per heavy atom. The van der Waals surface area contributed by atoms with Crippen molar-refractivity contribution in [2.45, 2.75) is 0 Å². The van der Waals surface area contributed by atoms with Crippen molar-refractivity contribution in [2.24, 2.45) is 7.05 Å². The fraction of sp³-hybridized carbons (Fsp3) is 0.231. The molecule has 100 valence electrons. The Morgan fingerprint density at radius 3 is 2.37 bits per heavy atom. The first-order valence-corrected chi connectivity index (χ1v) is 5.89. The van der Waals surface area contributed by atoms with Gasteiger partial charge >= 0.3 is 6.03 Å². The lowest BCUT2D eigenvalue weighted by atomic mass is 10.2. The average molecular weight is 259 g/mol. The van der Waals surface area contributed by atoms with Crippen LogP contribution in [0.5, 0.6) is 0 Å². The maximum absolute atomic E-state index is 11.8. The lowest BCUT2D eigenvalue weighted by Gasteiger charge is -2.13. The lowest BCUT2D eigenvalue weighted by Crippen LogP contribution is -2.21. The molecule has 2 N–H and O–H groups in total. The molecule has 19 heavy (non-hydrogen) atoms. The molecule has 0 fully saturated rings. The summed E-state index contributed by atoms with van der Waals surface area (Å²) in [4.78, 5) is 13.8. The van der Waals surface area contributed by atoms with E-state index in [0.29, 0.717) is 5.82 Å². The van der Waals surface area contributed by atoms with E-state index in [4.69, 9.17) is 0 Å². The summed E-state index contributed by atoms with van der Waals surface area (Å²) < 4.78 is 1.59. The first kappa shape index (κ1) is 12.9. The maximum atomic E-state index is 11.8. The van der Waals surface area contributed by atoms with Gasteiger partial charge in [-0.3, -0.25) is 10.00 Å². The maximum Gasteiger partial charge on any atom is 0.324 e. The summed E-state index contributed by atoms with van der Waals surface area (Å²) in [5.74, 6) is 0.641. The van der Waals surface area contributed by atoms with Gasteiger partial charge in [0.15, 0.2) is 0 Å². The summed E-state index contributed by atoms with van der Waals surface area (Å²) >= 11 is 0. The highest BCUT2D eigenvalue weighted by Crippen LogP contribution is 2.15. The molecular formula is C13H17N5O. The van der Waals surface area contributed by atoms with E-state index >= 15 is 0 Å². The summed E-state index contributed by atoms with van der Waals surface area (Å²) in [5, 5.41) is 9.46. The Morgan fingerprint density at radius 2 is 1.84 bits per heavy atom. The zero-order chi connectivity index (χ0) is 13.8. The minimum atomic E-state index is -0.291. The number of benzene rings is 1. The molecule has 2 amide bonds. The third kappa shape index (κ3) is 3.25. The van der Waals surface area contributed by atoms with Gasteiger partial charge in [-0.15, -0.1) is 0 Å². The van der Waals surface area contributed by atoms with Gasteiger partial charge in [-0.2, -0.15) is 5.10 Å². The topological polar surface area (TPSA) is 62.2 Å². The molecule has 0 aliphatic carbocycles. The minimum absolute atomic E-state index is 0.291. The number of amides is 2. The van der Waals surface area contributed by atoms with E-state index in [9.17, 15) is 4.79 Å². The van der Waals surface area contributed by atoms with Crippen LogP contribution in [0.25, 0.3) is 0 Å². The molecule has 6 heteroatoms. The van der Waals surface area contributed by atoms with Crippen LogP contribution in [-0.4, -0.2) is 29.9 Å². The zero-order valence-electron chi connectivity index (χ0n) is 11.2. The van der Waals surface area contributed by atoms with E-state index in [1.165, 1.54) is 0 Å². The number of anilines is 3. The molecule has 1 aromatic heterocycles. The molecular weight excluding hydrogens is 242 g/mol. The first-order valence-electron chi connectivity index (χ1n) is 5.89. The van der Waals surface area contributed by atoms with E-state index in [1.54, 1.807) is 24.0 Å². The highest BCUT2D eigenvalue weighted by atomic mass is 16.2. The SMILES string of the molecule is CN(C)c1ccc(NC(=O)Nc2ccnn2C)cc1. The number of hydrogen-bond acceptors (Lipinski definition) is 3. The number of urea groups is 1. The molecule has 0 unspecified atom stereocenters. The normalized spacial score (nSPS) is 10.1. The third-order valence-corrected chi connectivity index (χ3v) is 2.70. The van der Waals surface area contributed by atoms with Gasteiger partial charge < -0.3 is 10.2 Å². The molecule has 1 aromatic carbocycles. The Kier molecular flexibility index (Phi) is 3.70. The number of carbonyl (C=O) groups is 1. The highest BCUT2D eigenvalue weighted by Gasteiger charge is 2.05. The molecule has 0 atom stereocenters. The van der Waals surface area contributed by atoms with Crippen molar-refractivity contribution in [1.82, 2.24) is 9.78 Å². The fourth-order valence-corrected chi connectivity index (χ4v) is 1.62. The molecule has 6 nitrogen and oxygen atoms in total. The molecule has 0 radical (unpaired) electrons. The van der Waals surface area contributed by atoms with Crippen LogP contribution in [-0.2, 0) is 7.05 Å². The van der Waals surface area contributed by atoms with Gasteiger partial charge in [0.25, 0.3) is 0 Å². The minimum Gasteiger partial charge on any atom is -0.378 e. The van der Waals surface area contributed by atoms with Crippen molar-refractivity contribution in [3.63, 3.8) is 0 Å². The smallest absolute Gasteiger partial charge is 0.324 e. The van der Waals surface area contributed by atoms with Crippen LogP contribution < -0.4 is 15.5 Å². The van der Waals surface area contributed by atoms with Crippen LogP contribution in [0.2, 0.25) is 0 Å². The Bertz CT molecular complexity index is 559. The van der Waals surface area contributed by atoms with Gasteiger partial charge in [0.2, 0.25) is 0 Å². The Labute approximate surface area is 112 Å². The molecule has 1 heterocycles. The van der Waals surface area contributed by atoms with Gasteiger partial charge in [0.05, 0.1) is 6.20 Å². The molecule has 0 saturated carbocycles. The van der Waals surface area contributed by atoms with E-state index in [1.807, 2.05) is 43.3 Å². The summed E-state index contributed by atoms with van der Waals surface area (Å²) in [5.41, 5.74) is 1.82. The van der Waals surface area contributed by atoms with Crippen molar-refractivity contribution in [1.29, 1.82) is 0 Å². The van der Waals surface area contributed by atoms with Gasteiger partial charge in [-0.25, -0.2) is 4.79 Å². The van der Waals surface area contributed by atoms with Crippen LogP contribution in [0.15, 0.2) is 36.5 Å². The predicted octanol–water partition coefficient (Wildman–Crippen LogP) is 2.13. The average Bonchev–Trinajstić information content (AvgIpc) is 2.75. The number of hydrogen-bond donors (Lipinski definition) is 2. The van der Waals surface area contributed by atoms with Gasteiger partial charge in [-0.05, 0) is 24.3 Å². The second kappa shape index (κ2) is 5.43. The molecule has 0 spiro atoms. The van der Waals surface area contributed by atoms with Gasteiger partial charge in [-0.1, -0.05) is 0 Å². The van der Waals surface area contributed by atoms with Crippen molar-refractivity contribution in [3.8, 4) is 0 Å². The number of nitrogens with one attached hydrogen (secondary N) is 2. The number of aromatic nitrogens is 2. The molecule has 2 rings (SSSR count). The third-order valence-electron chi connectivity index (χ3n) is 2.70. The van der Waals surface area contributed by atoms with Crippen molar-refractivity contribution < 1.29 is 4.79 Å². The molecule has 0 aliphatic heterocycles. The zero-order valence-corrected chi connectivity index (χ0v) is 11.2. The predicted molar refractivity (Wildman–Crippen MR) is 76.6 cm³/mol. The lowest BCUT2D eigenvalue weighted by molar-refractivity contribution is 0.262. The summed E-state index contributed by atoms with van der Waals surface area (Å²) in [6.07, 6.45) is 1.63. The van der Waals surface area contributed by atoms with E-state index < -0.39 is 0 Å². The van der Waals surface area contributed by atoms with Gasteiger partial charge in [0, 0.05) is 38.6 Å². The molecule has 0 aliphatic rings. The Balaban J connectivity index is 1.97. The number of nitrogens with zero attached hydrogens (tertiary/aromatic N) is 3. The van der Waals surface area contributed by atoms with E-state index in [0.717, 1.165) is 11.4 Å². The number of carbonyl (C=O) groups excluding carboxylic acids is 1. The molecule has 0 saturated heterocycles. The van der Waals surface area contributed by atoms with Crippen molar-refractivity contribution in [3.05, 3.63) is 36.5 Å². The second-order valence-electron chi connectivity index (χ2n) is 4.36. The summed E-state index contributed by atoms with van der Waals surface area (Å²) in [6, 6.07) is 9.05. The van der Waals surface area contributed by atoms with E-state index in [2.05, 4.69) is 15.7 Å². The van der Waals surface area contributed by atoms with Gasteiger partial charge in [0.1, 0.15) is 5.82 Å². The summed E-state index contributed by atoms with van der Waals surface area (Å²) in [6.45, 7) is 0. The van der Waals surface area contributed by atoms with Crippen LogP contribution in [0, 0.1) is 0 Å². The standard InChI is InChI=1S/C13H17N5O/c1-17(2)11-6-4-10(5-7-11)15-13(19)16-12-8-9-14-18(12)3/h4-9H,1-3H3,(H2,15,16,19). The van der Waals surface area contributed by atoms with E-state index in [-0.39, 0.29) is 6.03 Å². The largest absolute Gasteiger partial charge is 0.378 e. The van der Waals surface area contributed by atoms with Crippen LogP contribution in [0.1, 0.15) is 0 Å². The van der Waals surface area contributed by atoms with Crippen LogP contribution >= 0.6 is 0 Å². The first-order chi connectivity index (χ1) is 9.06. The van der Waals surface area contributed by atoms with Crippen LogP contribution in [0.3, 0.4) is 0 Å². The quantitative estimate of drug-likeness (QED) is 0.887.